The summed E-state index contributed by atoms with van der Waals surface area (Å²) < 4.78 is 37.0. The van der Waals surface area contributed by atoms with Crippen LogP contribution in [-0.4, -0.2) is 51.2 Å². The Bertz CT molecular complexity index is 992. The largest absolute Gasteiger partial charge is 0.490 e. The van der Waals surface area contributed by atoms with E-state index in [0.29, 0.717) is 30.4 Å². The Morgan fingerprint density at radius 1 is 1.10 bits per heavy atom. The first-order valence-corrected chi connectivity index (χ1v) is 11.5. The molecule has 0 bridgehead atoms. The molecule has 3 rings (SSSR count). The number of fused-ring (bicyclic) bond motifs is 1. The number of carbonyl (C=O) groups is 1. The summed E-state index contributed by atoms with van der Waals surface area (Å²) in [5, 5.41) is 2.39. The van der Waals surface area contributed by atoms with E-state index in [4.69, 9.17) is 9.47 Å². The zero-order chi connectivity index (χ0) is 21.0. The molecule has 2 aromatic carbocycles. The lowest BCUT2D eigenvalue weighted by Crippen LogP contribution is -2.24. The number of nitrogens with zero attached hydrogens (tertiary/aromatic N) is 1. The van der Waals surface area contributed by atoms with E-state index in [1.165, 1.54) is 38.0 Å². The van der Waals surface area contributed by atoms with E-state index >= 15 is 0 Å². The molecule has 1 heterocycles. The van der Waals surface area contributed by atoms with Crippen molar-refractivity contribution in [3.63, 3.8) is 0 Å². The maximum absolute atomic E-state index is 12.6. The molecule has 1 amide bonds. The number of thioether (sulfide) groups is 1. The Hall–Kier alpha value is -2.23. The van der Waals surface area contributed by atoms with E-state index in [-0.39, 0.29) is 10.8 Å². The molecule has 7 nitrogen and oxygen atoms in total. The van der Waals surface area contributed by atoms with Crippen LogP contribution >= 0.6 is 11.8 Å². The van der Waals surface area contributed by atoms with E-state index < -0.39 is 15.3 Å². The van der Waals surface area contributed by atoms with Crippen LogP contribution < -0.4 is 14.8 Å². The maximum Gasteiger partial charge on any atom is 0.242 e. The molecule has 0 aromatic heterocycles. The highest BCUT2D eigenvalue weighted by atomic mass is 32.2. The monoisotopic (exact) mass is 436 g/mol. The van der Waals surface area contributed by atoms with Gasteiger partial charge >= 0.3 is 0 Å². The SMILES string of the molecule is C[C@@H](Sc1ccc2c(c1)OCCCO2)C(=O)Nc1cccc(S(=O)(=O)N(C)C)c1. The van der Waals surface area contributed by atoms with Gasteiger partial charge in [0.1, 0.15) is 0 Å². The summed E-state index contributed by atoms with van der Waals surface area (Å²) in [7, 11) is -0.631. The number of rotatable bonds is 6. The molecule has 0 unspecified atom stereocenters. The van der Waals surface area contributed by atoms with E-state index in [1.807, 2.05) is 18.2 Å². The van der Waals surface area contributed by atoms with Crippen LogP contribution in [0.3, 0.4) is 0 Å². The smallest absolute Gasteiger partial charge is 0.242 e. The number of nitrogens with one attached hydrogen (secondary N) is 1. The van der Waals surface area contributed by atoms with E-state index in [1.54, 1.807) is 19.1 Å². The number of sulfonamides is 1. The van der Waals surface area contributed by atoms with Crippen LogP contribution in [0.1, 0.15) is 13.3 Å². The maximum atomic E-state index is 12.6. The lowest BCUT2D eigenvalue weighted by molar-refractivity contribution is -0.115. The van der Waals surface area contributed by atoms with Crippen LogP contribution in [0.25, 0.3) is 0 Å². The molecule has 0 saturated carbocycles. The van der Waals surface area contributed by atoms with Gasteiger partial charge in [-0.3, -0.25) is 4.79 Å². The highest BCUT2D eigenvalue weighted by Gasteiger charge is 2.20. The zero-order valence-electron chi connectivity index (χ0n) is 16.5. The Morgan fingerprint density at radius 2 is 1.83 bits per heavy atom. The highest BCUT2D eigenvalue weighted by Crippen LogP contribution is 2.35. The molecule has 0 radical (unpaired) electrons. The van der Waals surface area contributed by atoms with Crippen molar-refractivity contribution >= 4 is 33.4 Å². The first kappa shape index (κ1) is 21.5. The van der Waals surface area contributed by atoms with Crippen molar-refractivity contribution in [1.82, 2.24) is 4.31 Å². The fourth-order valence-electron chi connectivity index (χ4n) is 2.66. The summed E-state index contributed by atoms with van der Waals surface area (Å²) in [6.07, 6.45) is 0.832. The lowest BCUT2D eigenvalue weighted by Gasteiger charge is -2.15. The van der Waals surface area contributed by atoms with Crippen LogP contribution in [0.2, 0.25) is 0 Å². The molecule has 0 fully saturated rings. The van der Waals surface area contributed by atoms with Gasteiger partial charge in [0.2, 0.25) is 15.9 Å². The molecular weight excluding hydrogens is 412 g/mol. The molecule has 0 aliphatic carbocycles. The molecule has 1 aliphatic rings. The fraction of sp³-hybridized carbons (Fsp3) is 0.350. The van der Waals surface area contributed by atoms with Gasteiger partial charge in [0.05, 0.1) is 23.4 Å². The molecule has 1 aliphatic heterocycles. The van der Waals surface area contributed by atoms with Crippen LogP contribution in [0.5, 0.6) is 11.5 Å². The van der Waals surface area contributed by atoms with Gasteiger partial charge in [-0.1, -0.05) is 6.07 Å². The Labute approximate surface area is 175 Å². The summed E-state index contributed by atoms with van der Waals surface area (Å²) >= 11 is 1.39. The Morgan fingerprint density at radius 3 is 2.55 bits per heavy atom. The molecule has 1 atom stereocenters. The average molecular weight is 437 g/mol. The summed E-state index contributed by atoms with van der Waals surface area (Å²) in [5.74, 6) is 1.17. The summed E-state index contributed by atoms with van der Waals surface area (Å²) in [5.41, 5.74) is 0.434. The van der Waals surface area contributed by atoms with Gasteiger partial charge in [-0.25, -0.2) is 12.7 Å². The minimum Gasteiger partial charge on any atom is -0.490 e. The quantitative estimate of drug-likeness (QED) is 0.700. The van der Waals surface area contributed by atoms with E-state index in [9.17, 15) is 13.2 Å². The summed E-state index contributed by atoms with van der Waals surface area (Å²) in [6.45, 7) is 3.02. The van der Waals surface area contributed by atoms with Gasteiger partial charge < -0.3 is 14.8 Å². The lowest BCUT2D eigenvalue weighted by atomic mass is 10.3. The van der Waals surface area contributed by atoms with E-state index in [0.717, 1.165) is 15.6 Å². The predicted octanol–water partition coefficient (Wildman–Crippen LogP) is 3.22. The van der Waals surface area contributed by atoms with Gasteiger partial charge in [-0.15, -0.1) is 11.8 Å². The zero-order valence-corrected chi connectivity index (χ0v) is 18.2. The third kappa shape index (κ3) is 5.23. The molecule has 0 spiro atoms. The second kappa shape index (κ2) is 9.06. The Balaban J connectivity index is 1.68. The Kier molecular flexibility index (Phi) is 6.71. The normalized spacial score (nSPS) is 14.9. The topological polar surface area (TPSA) is 84.9 Å². The van der Waals surface area contributed by atoms with Crippen molar-refractivity contribution < 1.29 is 22.7 Å². The second-order valence-electron chi connectivity index (χ2n) is 6.72. The van der Waals surface area contributed by atoms with Gasteiger partial charge in [0, 0.05) is 31.1 Å². The van der Waals surface area contributed by atoms with Crippen LogP contribution in [-0.2, 0) is 14.8 Å². The molecule has 0 saturated heterocycles. The third-order valence-electron chi connectivity index (χ3n) is 4.28. The minimum atomic E-state index is -3.56. The molecule has 29 heavy (non-hydrogen) atoms. The average Bonchev–Trinajstić information content (AvgIpc) is 2.93. The number of anilines is 1. The van der Waals surface area contributed by atoms with Crippen molar-refractivity contribution in [3.05, 3.63) is 42.5 Å². The van der Waals surface area contributed by atoms with Crippen LogP contribution in [0, 0.1) is 0 Å². The van der Waals surface area contributed by atoms with Crippen LogP contribution in [0.4, 0.5) is 5.69 Å². The number of hydrogen-bond acceptors (Lipinski definition) is 6. The first-order valence-electron chi connectivity index (χ1n) is 9.17. The van der Waals surface area contributed by atoms with Crippen LogP contribution in [0.15, 0.2) is 52.3 Å². The van der Waals surface area contributed by atoms with Crippen molar-refractivity contribution in [2.45, 2.75) is 28.4 Å². The third-order valence-corrected chi connectivity index (χ3v) is 7.19. The molecule has 1 N–H and O–H groups in total. The fourth-order valence-corrected chi connectivity index (χ4v) is 4.51. The molecule has 2 aromatic rings. The number of benzene rings is 2. The van der Waals surface area contributed by atoms with Crippen molar-refractivity contribution in [3.8, 4) is 11.5 Å². The first-order chi connectivity index (χ1) is 13.8. The number of hydrogen-bond donors (Lipinski definition) is 1. The molecular formula is C20H24N2O5S2. The highest BCUT2D eigenvalue weighted by molar-refractivity contribution is 8.00. The standard InChI is InChI=1S/C20H24N2O5S2/c1-14(28-16-8-9-18-19(13-16)27-11-5-10-26-18)20(23)21-15-6-4-7-17(12-15)29(24,25)22(2)3/h4,6-9,12-14H,5,10-11H2,1-3H3,(H,21,23)/t14-/m1/s1. The summed E-state index contributed by atoms with van der Waals surface area (Å²) in [4.78, 5) is 13.6. The van der Waals surface area contributed by atoms with Gasteiger partial charge in [-0.05, 0) is 43.3 Å². The van der Waals surface area contributed by atoms with E-state index in [2.05, 4.69) is 5.32 Å². The number of amides is 1. The predicted molar refractivity (Wildman–Crippen MR) is 113 cm³/mol. The molecule has 9 heteroatoms. The number of ether oxygens (including phenoxy) is 2. The van der Waals surface area contributed by atoms with Crippen molar-refractivity contribution in [2.75, 3.05) is 32.6 Å². The van der Waals surface area contributed by atoms with Crippen molar-refractivity contribution in [2.24, 2.45) is 0 Å². The summed E-state index contributed by atoms with van der Waals surface area (Å²) in [6, 6.07) is 11.8. The second-order valence-corrected chi connectivity index (χ2v) is 10.3. The van der Waals surface area contributed by atoms with Gasteiger partial charge in [0.25, 0.3) is 0 Å². The van der Waals surface area contributed by atoms with Gasteiger partial charge in [-0.2, -0.15) is 0 Å². The molecule has 156 valence electrons. The number of carbonyl (C=O) groups excluding carboxylic acids is 1. The van der Waals surface area contributed by atoms with Crippen molar-refractivity contribution in [1.29, 1.82) is 0 Å². The minimum absolute atomic E-state index is 0.128. The van der Waals surface area contributed by atoms with Gasteiger partial charge in [0.15, 0.2) is 11.5 Å².